The standard InChI is InChI=1S/C16H21FN6O/c1-23-6-4-11(5-7-23)10-24-15-3-2-12(8-13(15)17)21-22-14(9-18)16(19)20/h2-3,8,11,21H,4-7,10H2,1H3,(H3,19,20)/b22-14+. The molecule has 24 heavy (non-hydrogen) atoms. The van der Waals surface area contributed by atoms with Crippen LogP contribution in [-0.4, -0.2) is 43.2 Å². The Morgan fingerprint density at radius 1 is 1.54 bits per heavy atom. The Morgan fingerprint density at radius 2 is 2.25 bits per heavy atom. The Labute approximate surface area is 140 Å². The van der Waals surface area contributed by atoms with Gasteiger partial charge in [0.15, 0.2) is 17.4 Å². The summed E-state index contributed by atoms with van der Waals surface area (Å²) in [5, 5.41) is 19.5. The highest BCUT2D eigenvalue weighted by Gasteiger charge is 2.17. The van der Waals surface area contributed by atoms with E-state index in [0.29, 0.717) is 18.2 Å². The van der Waals surface area contributed by atoms with Crippen molar-refractivity contribution in [2.24, 2.45) is 16.8 Å². The second-order valence-electron chi connectivity index (χ2n) is 5.80. The van der Waals surface area contributed by atoms with E-state index < -0.39 is 11.7 Å². The SMILES string of the molecule is CN1CCC(COc2ccc(N/N=C(\C#N)C(=N)N)cc2F)CC1. The number of halogens is 1. The highest BCUT2D eigenvalue weighted by atomic mass is 19.1. The number of nitrogens with zero attached hydrogens (tertiary/aromatic N) is 3. The number of nitrogens with two attached hydrogens (primary N) is 1. The lowest BCUT2D eigenvalue weighted by molar-refractivity contribution is 0.157. The summed E-state index contributed by atoms with van der Waals surface area (Å²) in [5.41, 5.74) is 7.75. The van der Waals surface area contributed by atoms with Crippen molar-refractivity contribution in [3.8, 4) is 11.8 Å². The van der Waals surface area contributed by atoms with E-state index in [2.05, 4.69) is 22.5 Å². The van der Waals surface area contributed by atoms with Crippen LogP contribution < -0.4 is 15.9 Å². The van der Waals surface area contributed by atoms with E-state index in [0.717, 1.165) is 25.9 Å². The number of nitrogens with one attached hydrogen (secondary N) is 2. The Hall–Kier alpha value is -2.66. The van der Waals surface area contributed by atoms with Gasteiger partial charge in [0.2, 0.25) is 5.71 Å². The van der Waals surface area contributed by atoms with Gasteiger partial charge in [-0.1, -0.05) is 0 Å². The zero-order chi connectivity index (χ0) is 17.5. The molecule has 0 unspecified atom stereocenters. The van der Waals surface area contributed by atoms with E-state index in [9.17, 15) is 4.39 Å². The molecule has 0 radical (unpaired) electrons. The van der Waals surface area contributed by atoms with Crippen molar-refractivity contribution in [3.63, 3.8) is 0 Å². The smallest absolute Gasteiger partial charge is 0.201 e. The molecule has 2 rings (SSSR count). The van der Waals surface area contributed by atoms with Crippen molar-refractivity contribution < 1.29 is 9.13 Å². The van der Waals surface area contributed by atoms with Gasteiger partial charge >= 0.3 is 0 Å². The third-order valence-electron chi connectivity index (χ3n) is 3.90. The molecule has 1 aromatic rings. The maximum atomic E-state index is 14.1. The minimum Gasteiger partial charge on any atom is -0.490 e. The van der Waals surface area contributed by atoms with E-state index in [4.69, 9.17) is 21.1 Å². The summed E-state index contributed by atoms with van der Waals surface area (Å²) < 4.78 is 19.7. The monoisotopic (exact) mass is 332 g/mol. The number of benzene rings is 1. The molecule has 1 saturated heterocycles. The van der Waals surface area contributed by atoms with Crippen LogP contribution in [0.2, 0.25) is 0 Å². The predicted molar refractivity (Wildman–Crippen MR) is 90.7 cm³/mol. The van der Waals surface area contributed by atoms with Crippen molar-refractivity contribution >= 4 is 17.2 Å². The molecule has 0 saturated carbocycles. The molecule has 1 fully saturated rings. The molecule has 0 spiro atoms. The third-order valence-corrected chi connectivity index (χ3v) is 3.90. The zero-order valence-electron chi connectivity index (χ0n) is 13.6. The first kappa shape index (κ1) is 17.7. The largest absolute Gasteiger partial charge is 0.490 e. The lowest BCUT2D eigenvalue weighted by atomic mass is 9.98. The molecule has 8 heteroatoms. The van der Waals surface area contributed by atoms with Crippen molar-refractivity contribution in [2.75, 3.05) is 32.2 Å². The normalized spacial score (nSPS) is 16.5. The number of anilines is 1. The Morgan fingerprint density at radius 3 is 2.83 bits per heavy atom. The van der Waals surface area contributed by atoms with Gasteiger partial charge in [0, 0.05) is 6.07 Å². The topological polar surface area (TPSA) is 111 Å². The number of nitriles is 1. The summed E-state index contributed by atoms with van der Waals surface area (Å²) in [5.74, 6) is -0.333. The van der Waals surface area contributed by atoms with Gasteiger partial charge in [0.1, 0.15) is 6.07 Å². The zero-order valence-corrected chi connectivity index (χ0v) is 13.6. The fraction of sp³-hybridized carbons (Fsp3) is 0.438. The molecule has 4 N–H and O–H groups in total. The van der Waals surface area contributed by atoms with Crippen LogP contribution in [0, 0.1) is 28.5 Å². The summed E-state index contributed by atoms with van der Waals surface area (Å²) in [7, 11) is 2.09. The lowest BCUT2D eigenvalue weighted by Gasteiger charge is -2.28. The van der Waals surface area contributed by atoms with Gasteiger partial charge < -0.3 is 15.4 Å². The maximum absolute atomic E-state index is 14.1. The summed E-state index contributed by atoms with van der Waals surface area (Å²) in [6, 6.07) is 6.00. The van der Waals surface area contributed by atoms with Gasteiger partial charge in [-0.25, -0.2) is 4.39 Å². The molecular formula is C16H21FN6O. The third kappa shape index (κ3) is 4.93. The van der Waals surface area contributed by atoms with Crippen LogP contribution in [-0.2, 0) is 0 Å². The molecule has 128 valence electrons. The van der Waals surface area contributed by atoms with Gasteiger partial charge in [-0.05, 0) is 51.0 Å². The van der Waals surface area contributed by atoms with Gasteiger partial charge in [-0.3, -0.25) is 10.8 Å². The number of hydrogen-bond acceptors (Lipinski definition) is 6. The van der Waals surface area contributed by atoms with Crippen molar-refractivity contribution in [3.05, 3.63) is 24.0 Å². The first-order chi connectivity index (χ1) is 11.5. The van der Waals surface area contributed by atoms with Crippen LogP contribution in [0.25, 0.3) is 0 Å². The van der Waals surface area contributed by atoms with Crippen LogP contribution >= 0.6 is 0 Å². The molecule has 0 aromatic heterocycles. The van der Waals surface area contributed by atoms with Gasteiger partial charge in [-0.15, -0.1) is 0 Å². The molecule has 1 aromatic carbocycles. The second-order valence-corrected chi connectivity index (χ2v) is 5.80. The molecule has 1 aliphatic rings. The fourth-order valence-electron chi connectivity index (χ4n) is 2.39. The van der Waals surface area contributed by atoms with Crippen molar-refractivity contribution in [1.29, 1.82) is 10.7 Å². The minimum absolute atomic E-state index is 0.190. The molecule has 0 amide bonds. The van der Waals surface area contributed by atoms with Gasteiger partial charge in [0.25, 0.3) is 0 Å². The molecule has 0 bridgehead atoms. The number of ether oxygens (including phenoxy) is 1. The number of likely N-dealkylation sites (tertiary alicyclic amines) is 1. The fourth-order valence-corrected chi connectivity index (χ4v) is 2.39. The number of hydrogen-bond donors (Lipinski definition) is 3. The molecule has 0 atom stereocenters. The number of amidine groups is 1. The second kappa shape index (κ2) is 8.26. The Kier molecular flexibility index (Phi) is 6.09. The highest BCUT2D eigenvalue weighted by Crippen LogP contribution is 2.23. The molecular weight excluding hydrogens is 311 g/mol. The number of rotatable bonds is 6. The van der Waals surface area contributed by atoms with Crippen molar-refractivity contribution in [2.45, 2.75) is 12.8 Å². The number of hydrazone groups is 1. The summed E-state index contributed by atoms with van der Waals surface area (Å²) in [4.78, 5) is 2.27. The highest BCUT2D eigenvalue weighted by molar-refractivity contribution is 6.45. The minimum atomic E-state index is -0.510. The average Bonchev–Trinajstić information content (AvgIpc) is 2.56. The van der Waals surface area contributed by atoms with E-state index in [1.54, 1.807) is 12.1 Å². The first-order valence-corrected chi connectivity index (χ1v) is 7.68. The molecule has 0 aliphatic carbocycles. The lowest BCUT2D eigenvalue weighted by Crippen LogP contribution is -2.32. The summed E-state index contributed by atoms with van der Waals surface area (Å²) >= 11 is 0. The van der Waals surface area contributed by atoms with E-state index in [1.807, 2.05) is 0 Å². The maximum Gasteiger partial charge on any atom is 0.201 e. The molecule has 7 nitrogen and oxygen atoms in total. The number of piperidine rings is 1. The summed E-state index contributed by atoms with van der Waals surface area (Å²) in [6.45, 7) is 2.57. The Bertz CT molecular complexity index is 661. The van der Waals surface area contributed by atoms with Gasteiger partial charge in [0.05, 0.1) is 12.3 Å². The van der Waals surface area contributed by atoms with Gasteiger partial charge in [-0.2, -0.15) is 10.4 Å². The molecule has 1 aliphatic heterocycles. The van der Waals surface area contributed by atoms with Crippen molar-refractivity contribution in [1.82, 2.24) is 4.90 Å². The summed E-state index contributed by atoms with van der Waals surface area (Å²) in [6.07, 6.45) is 2.10. The first-order valence-electron chi connectivity index (χ1n) is 7.68. The van der Waals surface area contributed by atoms with Crippen LogP contribution in [0.1, 0.15) is 12.8 Å². The van der Waals surface area contributed by atoms with E-state index >= 15 is 0 Å². The average molecular weight is 332 g/mol. The Balaban J connectivity index is 1.92. The van der Waals surface area contributed by atoms with E-state index in [-0.39, 0.29) is 11.5 Å². The van der Waals surface area contributed by atoms with Crippen LogP contribution in [0.15, 0.2) is 23.3 Å². The van der Waals surface area contributed by atoms with E-state index in [1.165, 1.54) is 12.1 Å². The quantitative estimate of drug-likeness (QED) is 0.418. The van der Waals surface area contributed by atoms with Crippen LogP contribution in [0.3, 0.4) is 0 Å². The van der Waals surface area contributed by atoms with Crippen LogP contribution in [0.5, 0.6) is 5.75 Å². The van der Waals surface area contributed by atoms with Crippen LogP contribution in [0.4, 0.5) is 10.1 Å². The predicted octanol–water partition coefficient (Wildman–Crippen LogP) is 1.77. The molecule has 1 heterocycles.